The van der Waals surface area contributed by atoms with E-state index in [0.717, 1.165) is 16.3 Å². The first-order chi connectivity index (χ1) is 8.82. The third-order valence-electron chi connectivity index (χ3n) is 3.15. The van der Waals surface area contributed by atoms with Gasteiger partial charge in [-0.25, -0.2) is 12.7 Å². The second kappa shape index (κ2) is 4.82. The zero-order valence-electron chi connectivity index (χ0n) is 10.8. The van der Waals surface area contributed by atoms with Crippen LogP contribution >= 0.6 is 0 Å². The number of carboxylic acid groups (broad SMARTS) is 1. The van der Waals surface area contributed by atoms with Gasteiger partial charge in [-0.1, -0.05) is 6.07 Å². The number of sulfonamides is 1. The van der Waals surface area contributed by atoms with Crippen molar-refractivity contribution in [3.05, 3.63) is 23.8 Å². The van der Waals surface area contributed by atoms with Crippen molar-refractivity contribution in [1.29, 1.82) is 0 Å². The molecule has 7 heteroatoms. The molecule has 1 heterocycles. The smallest absolute Gasteiger partial charge is 0.323 e. The molecule has 2 rings (SSSR count). The van der Waals surface area contributed by atoms with Crippen molar-refractivity contribution in [1.82, 2.24) is 4.31 Å². The third-order valence-corrected chi connectivity index (χ3v) is 4.96. The summed E-state index contributed by atoms with van der Waals surface area (Å²) in [5, 5.41) is 8.85. The van der Waals surface area contributed by atoms with Gasteiger partial charge in [0.1, 0.15) is 6.54 Å². The second-order valence-corrected chi connectivity index (χ2v) is 6.80. The quantitative estimate of drug-likeness (QED) is 0.865. The fraction of sp³-hybridized carbons (Fsp3) is 0.417. The van der Waals surface area contributed by atoms with Crippen molar-refractivity contribution in [2.75, 3.05) is 32.1 Å². The Kier molecular flexibility index (Phi) is 3.51. The van der Waals surface area contributed by atoms with Crippen LogP contribution in [0.15, 0.2) is 23.1 Å². The molecule has 0 fully saturated rings. The van der Waals surface area contributed by atoms with Crippen LogP contribution in [0.1, 0.15) is 5.56 Å². The summed E-state index contributed by atoms with van der Waals surface area (Å²) >= 11 is 0. The SMILES string of the molecule is CN(C)S(=O)(=O)c1ccc2c(c1)N(CC(=O)O)CC2. The maximum absolute atomic E-state index is 12.1. The molecule has 1 aliphatic rings. The van der Waals surface area contributed by atoms with Crippen LogP contribution in [0, 0.1) is 0 Å². The molecule has 0 saturated heterocycles. The summed E-state index contributed by atoms with van der Waals surface area (Å²) < 4.78 is 25.2. The van der Waals surface area contributed by atoms with E-state index in [9.17, 15) is 13.2 Å². The molecule has 1 N–H and O–H groups in total. The number of fused-ring (bicyclic) bond motifs is 1. The molecule has 19 heavy (non-hydrogen) atoms. The second-order valence-electron chi connectivity index (χ2n) is 4.64. The van der Waals surface area contributed by atoms with Gasteiger partial charge in [0.2, 0.25) is 10.0 Å². The minimum atomic E-state index is -3.49. The van der Waals surface area contributed by atoms with Crippen molar-refractivity contribution in [2.24, 2.45) is 0 Å². The number of hydrogen-bond acceptors (Lipinski definition) is 4. The summed E-state index contributed by atoms with van der Waals surface area (Å²) in [6.45, 7) is 0.492. The number of anilines is 1. The molecule has 0 bridgehead atoms. The Bertz CT molecular complexity index is 610. The standard InChI is InChI=1S/C12H16N2O4S/c1-13(2)19(17,18)10-4-3-9-5-6-14(8-12(15)16)11(9)7-10/h3-4,7H,5-6,8H2,1-2H3,(H,15,16). The lowest BCUT2D eigenvalue weighted by Gasteiger charge is -2.18. The number of benzene rings is 1. The Labute approximate surface area is 112 Å². The van der Waals surface area contributed by atoms with Crippen LogP contribution in [0.5, 0.6) is 0 Å². The maximum atomic E-state index is 12.1. The van der Waals surface area contributed by atoms with Crippen LogP contribution in [-0.2, 0) is 21.2 Å². The molecule has 0 atom stereocenters. The van der Waals surface area contributed by atoms with Gasteiger partial charge >= 0.3 is 5.97 Å². The fourth-order valence-corrected chi connectivity index (χ4v) is 3.05. The zero-order chi connectivity index (χ0) is 14.2. The predicted molar refractivity (Wildman–Crippen MR) is 70.9 cm³/mol. The Morgan fingerprint density at radius 1 is 1.42 bits per heavy atom. The number of carboxylic acids is 1. The van der Waals surface area contributed by atoms with Crippen molar-refractivity contribution in [3.8, 4) is 0 Å². The van der Waals surface area contributed by atoms with Crippen LogP contribution in [0.4, 0.5) is 5.69 Å². The van der Waals surface area contributed by atoms with Gasteiger partial charge < -0.3 is 10.0 Å². The van der Waals surface area contributed by atoms with Crippen molar-refractivity contribution >= 4 is 21.7 Å². The van der Waals surface area contributed by atoms with Crippen molar-refractivity contribution in [3.63, 3.8) is 0 Å². The Hall–Kier alpha value is -1.60. The molecule has 1 aromatic carbocycles. The summed E-state index contributed by atoms with van der Waals surface area (Å²) in [5.41, 5.74) is 1.68. The van der Waals surface area contributed by atoms with Gasteiger partial charge in [-0.15, -0.1) is 0 Å². The van der Waals surface area contributed by atoms with E-state index < -0.39 is 16.0 Å². The normalized spacial score (nSPS) is 14.8. The molecule has 0 amide bonds. The van der Waals surface area contributed by atoms with Crippen LogP contribution < -0.4 is 4.90 Å². The lowest BCUT2D eigenvalue weighted by molar-refractivity contribution is -0.135. The highest BCUT2D eigenvalue weighted by molar-refractivity contribution is 7.89. The third kappa shape index (κ3) is 2.57. The lowest BCUT2D eigenvalue weighted by atomic mass is 10.2. The van der Waals surface area contributed by atoms with Crippen LogP contribution in [0.2, 0.25) is 0 Å². The first-order valence-corrected chi connectivity index (χ1v) is 7.28. The highest BCUT2D eigenvalue weighted by Gasteiger charge is 2.25. The van der Waals surface area contributed by atoms with Gasteiger partial charge in [0.25, 0.3) is 0 Å². The highest BCUT2D eigenvalue weighted by Crippen LogP contribution is 2.30. The van der Waals surface area contributed by atoms with E-state index in [1.54, 1.807) is 23.1 Å². The van der Waals surface area contributed by atoms with E-state index in [1.807, 2.05) is 0 Å². The van der Waals surface area contributed by atoms with Gasteiger partial charge in [0.05, 0.1) is 4.90 Å². The minimum Gasteiger partial charge on any atom is -0.480 e. The average molecular weight is 284 g/mol. The van der Waals surface area contributed by atoms with Crippen LogP contribution in [-0.4, -0.2) is 51.0 Å². The molecule has 0 aliphatic carbocycles. The summed E-state index contributed by atoms with van der Waals surface area (Å²) in [7, 11) is -0.551. The Morgan fingerprint density at radius 3 is 2.68 bits per heavy atom. The van der Waals surface area contributed by atoms with E-state index in [2.05, 4.69) is 0 Å². The van der Waals surface area contributed by atoms with Gasteiger partial charge in [0.15, 0.2) is 0 Å². The van der Waals surface area contributed by atoms with E-state index in [-0.39, 0.29) is 11.4 Å². The number of nitrogens with zero attached hydrogens (tertiary/aromatic N) is 2. The molecular formula is C12H16N2O4S. The summed E-state index contributed by atoms with van der Waals surface area (Å²) in [5.74, 6) is -0.922. The summed E-state index contributed by atoms with van der Waals surface area (Å²) in [6.07, 6.45) is 0.741. The summed E-state index contributed by atoms with van der Waals surface area (Å²) in [4.78, 5) is 12.7. The van der Waals surface area contributed by atoms with E-state index in [0.29, 0.717) is 12.2 Å². The van der Waals surface area contributed by atoms with E-state index in [4.69, 9.17) is 5.11 Å². The largest absolute Gasteiger partial charge is 0.480 e. The number of carbonyl (C=O) groups is 1. The maximum Gasteiger partial charge on any atom is 0.323 e. The first-order valence-electron chi connectivity index (χ1n) is 5.84. The Balaban J connectivity index is 2.41. The van der Waals surface area contributed by atoms with Gasteiger partial charge in [0, 0.05) is 26.3 Å². The molecule has 0 saturated carbocycles. The van der Waals surface area contributed by atoms with Crippen LogP contribution in [0.25, 0.3) is 0 Å². The lowest BCUT2D eigenvalue weighted by Crippen LogP contribution is -2.28. The van der Waals surface area contributed by atoms with Gasteiger partial charge in [-0.2, -0.15) is 0 Å². The molecule has 6 nitrogen and oxygen atoms in total. The summed E-state index contributed by atoms with van der Waals surface area (Å²) in [6, 6.07) is 4.88. The number of aliphatic carboxylic acids is 1. The molecule has 1 aliphatic heterocycles. The molecule has 0 unspecified atom stereocenters. The van der Waals surface area contributed by atoms with E-state index in [1.165, 1.54) is 14.1 Å². The molecular weight excluding hydrogens is 268 g/mol. The van der Waals surface area contributed by atoms with Gasteiger partial charge in [-0.05, 0) is 24.1 Å². The number of rotatable bonds is 4. The highest BCUT2D eigenvalue weighted by atomic mass is 32.2. The topological polar surface area (TPSA) is 77.9 Å². The monoisotopic (exact) mass is 284 g/mol. The molecule has 0 spiro atoms. The molecule has 0 aromatic heterocycles. The predicted octanol–water partition coefficient (Wildman–Crippen LogP) is 0.384. The average Bonchev–Trinajstić information content (AvgIpc) is 2.71. The van der Waals surface area contributed by atoms with E-state index >= 15 is 0 Å². The molecule has 0 radical (unpaired) electrons. The van der Waals surface area contributed by atoms with Crippen molar-refractivity contribution < 1.29 is 18.3 Å². The zero-order valence-corrected chi connectivity index (χ0v) is 11.6. The minimum absolute atomic E-state index is 0.113. The molecule has 1 aromatic rings. The Morgan fingerprint density at radius 2 is 2.11 bits per heavy atom. The molecule has 104 valence electrons. The first kappa shape index (κ1) is 13.8. The van der Waals surface area contributed by atoms with Crippen LogP contribution in [0.3, 0.4) is 0 Å². The number of hydrogen-bond donors (Lipinski definition) is 1. The van der Waals surface area contributed by atoms with Gasteiger partial charge in [-0.3, -0.25) is 4.79 Å². The van der Waals surface area contributed by atoms with Crippen molar-refractivity contribution in [2.45, 2.75) is 11.3 Å². The fourth-order valence-electron chi connectivity index (χ4n) is 2.12.